The smallest absolute Gasteiger partial charge is 0.331 e. The standard InChI is InChI=1S/C11H22N3O5P/c1-6(12)9(15)14-8(11(14,2)10(16)17)7(13)4-5-20(3,18)19/h6-8H,4-5,12-13H2,1-3H3,(H,16,17)(H,18,19)/t6-,7?,8?,11+,14?/m0/s1. The highest BCUT2D eigenvalue weighted by Gasteiger charge is 2.69. The third kappa shape index (κ3) is 3.20. The molecule has 5 atom stereocenters. The van der Waals surface area contributed by atoms with E-state index in [1.807, 2.05) is 0 Å². The monoisotopic (exact) mass is 307 g/mol. The maximum Gasteiger partial charge on any atom is 0.331 e. The van der Waals surface area contributed by atoms with Crippen molar-refractivity contribution in [1.29, 1.82) is 0 Å². The average molecular weight is 307 g/mol. The van der Waals surface area contributed by atoms with Crippen molar-refractivity contribution in [3.63, 3.8) is 0 Å². The molecule has 6 N–H and O–H groups in total. The van der Waals surface area contributed by atoms with Gasteiger partial charge in [-0.05, 0) is 20.3 Å². The largest absolute Gasteiger partial charge is 0.479 e. The highest BCUT2D eigenvalue weighted by atomic mass is 31.2. The summed E-state index contributed by atoms with van der Waals surface area (Å²) in [7, 11) is -3.22. The predicted molar refractivity (Wildman–Crippen MR) is 73.5 cm³/mol. The summed E-state index contributed by atoms with van der Waals surface area (Å²) in [6.45, 7) is 4.10. The summed E-state index contributed by atoms with van der Waals surface area (Å²) in [6.07, 6.45) is 0.154. The van der Waals surface area contributed by atoms with Crippen LogP contribution in [0.2, 0.25) is 0 Å². The van der Waals surface area contributed by atoms with Crippen molar-refractivity contribution >= 4 is 19.2 Å². The molecule has 0 aliphatic carbocycles. The van der Waals surface area contributed by atoms with E-state index >= 15 is 0 Å². The molecule has 0 bridgehead atoms. The topological polar surface area (TPSA) is 147 Å². The number of nitrogens with zero attached hydrogens (tertiary/aromatic N) is 1. The molecule has 0 aromatic rings. The zero-order chi connectivity index (χ0) is 15.9. The molecule has 20 heavy (non-hydrogen) atoms. The molecule has 1 rings (SSSR count). The van der Waals surface area contributed by atoms with E-state index in [9.17, 15) is 24.2 Å². The molecule has 0 saturated carbocycles. The number of nitrogens with two attached hydrogens (primary N) is 2. The van der Waals surface area contributed by atoms with Crippen molar-refractivity contribution in [1.82, 2.24) is 4.90 Å². The number of hydrogen-bond donors (Lipinski definition) is 4. The van der Waals surface area contributed by atoms with Crippen LogP contribution in [0.15, 0.2) is 0 Å². The van der Waals surface area contributed by atoms with Gasteiger partial charge in [0, 0.05) is 18.9 Å². The fourth-order valence-electron chi connectivity index (χ4n) is 2.38. The van der Waals surface area contributed by atoms with Gasteiger partial charge in [-0.25, -0.2) is 4.79 Å². The van der Waals surface area contributed by atoms with Crippen LogP contribution in [-0.4, -0.2) is 63.3 Å². The number of amides is 1. The van der Waals surface area contributed by atoms with Crippen LogP contribution >= 0.6 is 7.37 Å². The predicted octanol–water partition coefficient (Wildman–Crippen LogP) is -0.995. The second-order valence-electron chi connectivity index (χ2n) is 5.62. The van der Waals surface area contributed by atoms with E-state index in [2.05, 4.69) is 0 Å². The lowest BCUT2D eigenvalue weighted by Crippen LogP contribution is -2.38. The van der Waals surface area contributed by atoms with Crippen molar-refractivity contribution in [2.24, 2.45) is 11.5 Å². The summed E-state index contributed by atoms with van der Waals surface area (Å²) in [5.41, 5.74) is 10.0. The van der Waals surface area contributed by atoms with E-state index in [1.54, 1.807) is 0 Å². The van der Waals surface area contributed by atoms with Gasteiger partial charge in [0.2, 0.25) is 5.91 Å². The molecule has 1 saturated heterocycles. The first-order valence-electron chi connectivity index (χ1n) is 6.30. The third-order valence-electron chi connectivity index (χ3n) is 3.63. The lowest BCUT2D eigenvalue weighted by atomic mass is 10.0. The molecule has 9 heteroatoms. The number of hydrogen-bond acceptors (Lipinski definition) is 5. The van der Waals surface area contributed by atoms with Gasteiger partial charge in [0.05, 0.1) is 12.1 Å². The van der Waals surface area contributed by atoms with Crippen LogP contribution in [0.1, 0.15) is 20.3 Å². The molecule has 8 nitrogen and oxygen atoms in total. The van der Waals surface area contributed by atoms with Gasteiger partial charge >= 0.3 is 5.97 Å². The SMILES string of the molecule is C[C@H](N)C(=O)N1C(C(N)CCP(C)(=O)O)[C@]1(C)C(=O)O. The first kappa shape index (κ1) is 17.1. The Labute approximate surface area is 117 Å². The molecule has 116 valence electrons. The highest BCUT2D eigenvalue weighted by molar-refractivity contribution is 7.57. The molecule has 0 aromatic carbocycles. The minimum atomic E-state index is -3.22. The Bertz CT molecular complexity index is 463. The Kier molecular flexibility index (Phi) is 4.65. The van der Waals surface area contributed by atoms with Crippen molar-refractivity contribution in [2.45, 2.75) is 43.9 Å². The van der Waals surface area contributed by atoms with Gasteiger partial charge in [0.25, 0.3) is 0 Å². The quantitative estimate of drug-likeness (QED) is 0.363. The number of rotatable bonds is 6. The van der Waals surface area contributed by atoms with Crippen LogP contribution < -0.4 is 11.5 Å². The molecule has 1 fully saturated rings. The Morgan fingerprint density at radius 3 is 2.30 bits per heavy atom. The lowest BCUT2D eigenvalue weighted by molar-refractivity contribution is -0.143. The number of carboxylic acid groups (broad SMARTS) is 1. The minimum Gasteiger partial charge on any atom is -0.479 e. The molecule has 0 radical (unpaired) electrons. The van der Waals surface area contributed by atoms with E-state index in [0.717, 1.165) is 4.90 Å². The molecule has 1 aliphatic heterocycles. The normalized spacial score (nSPS) is 31.3. The number of carboxylic acids is 1. The van der Waals surface area contributed by atoms with E-state index in [1.165, 1.54) is 20.5 Å². The van der Waals surface area contributed by atoms with Crippen molar-refractivity contribution in [3.05, 3.63) is 0 Å². The molecule has 3 unspecified atom stereocenters. The third-order valence-corrected chi connectivity index (χ3v) is 4.72. The molecule has 1 heterocycles. The van der Waals surface area contributed by atoms with Crippen molar-refractivity contribution in [2.75, 3.05) is 12.8 Å². The van der Waals surface area contributed by atoms with E-state index in [0.29, 0.717) is 0 Å². The van der Waals surface area contributed by atoms with Crippen LogP contribution in [0, 0.1) is 0 Å². The molecule has 1 aliphatic rings. The van der Waals surface area contributed by atoms with Gasteiger partial charge in [-0.2, -0.15) is 0 Å². The number of aliphatic carboxylic acids is 1. The fourth-order valence-corrected chi connectivity index (χ4v) is 3.16. The lowest BCUT2D eigenvalue weighted by Gasteiger charge is -2.13. The molecule has 1 amide bonds. The zero-order valence-electron chi connectivity index (χ0n) is 11.8. The second kappa shape index (κ2) is 5.44. The Morgan fingerprint density at radius 2 is 1.95 bits per heavy atom. The molecular weight excluding hydrogens is 285 g/mol. The van der Waals surface area contributed by atoms with Gasteiger partial charge in [0.1, 0.15) is 0 Å². The first-order valence-corrected chi connectivity index (χ1v) is 8.59. The molecular formula is C11H22N3O5P. The number of carbonyl (C=O) groups is 2. The van der Waals surface area contributed by atoms with E-state index < -0.39 is 42.9 Å². The average Bonchev–Trinajstić information content (AvgIpc) is 2.92. The summed E-state index contributed by atoms with van der Waals surface area (Å²) < 4.78 is 11.3. The summed E-state index contributed by atoms with van der Waals surface area (Å²) in [4.78, 5) is 33.7. The van der Waals surface area contributed by atoms with Crippen LogP contribution in [0.3, 0.4) is 0 Å². The van der Waals surface area contributed by atoms with Crippen molar-refractivity contribution < 1.29 is 24.2 Å². The Balaban J connectivity index is 2.84. The molecule has 0 aromatic heterocycles. The van der Waals surface area contributed by atoms with Gasteiger partial charge in [-0.1, -0.05) is 0 Å². The van der Waals surface area contributed by atoms with Gasteiger partial charge in [0.15, 0.2) is 12.9 Å². The Hall–Kier alpha value is -0.950. The maximum atomic E-state index is 11.9. The van der Waals surface area contributed by atoms with Gasteiger partial charge in [-0.15, -0.1) is 0 Å². The van der Waals surface area contributed by atoms with Crippen LogP contribution in [0.25, 0.3) is 0 Å². The summed E-state index contributed by atoms with van der Waals surface area (Å²) in [5, 5.41) is 9.27. The van der Waals surface area contributed by atoms with Crippen LogP contribution in [-0.2, 0) is 14.2 Å². The van der Waals surface area contributed by atoms with Gasteiger partial charge < -0.3 is 26.4 Å². The van der Waals surface area contributed by atoms with Gasteiger partial charge in [-0.3, -0.25) is 9.36 Å². The highest BCUT2D eigenvalue weighted by Crippen LogP contribution is 2.45. The fraction of sp³-hybridized carbons (Fsp3) is 0.818. The second-order valence-corrected chi connectivity index (χ2v) is 8.17. The summed E-state index contributed by atoms with van der Waals surface area (Å²) in [6, 6.07) is -2.20. The summed E-state index contributed by atoms with van der Waals surface area (Å²) >= 11 is 0. The van der Waals surface area contributed by atoms with E-state index in [4.69, 9.17) is 11.5 Å². The van der Waals surface area contributed by atoms with Crippen LogP contribution in [0.5, 0.6) is 0 Å². The van der Waals surface area contributed by atoms with Crippen molar-refractivity contribution in [3.8, 4) is 0 Å². The Morgan fingerprint density at radius 1 is 1.45 bits per heavy atom. The molecule has 0 spiro atoms. The van der Waals surface area contributed by atoms with E-state index in [-0.39, 0.29) is 12.6 Å². The summed E-state index contributed by atoms with van der Waals surface area (Å²) in [5.74, 6) is -1.64. The minimum absolute atomic E-state index is 0.0133. The van der Waals surface area contributed by atoms with Crippen LogP contribution in [0.4, 0.5) is 0 Å². The maximum absolute atomic E-state index is 11.9. The number of carbonyl (C=O) groups excluding carboxylic acids is 1. The first-order chi connectivity index (χ1) is 8.93. The zero-order valence-corrected chi connectivity index (χ0v) is 12.7.